The third kappa shape index (κ3) is 4.70. The van der Waals surface area contributed by atoms with Crippen LogP contribution < -0.4 is 5.32 Å². The molecule has 2 rings (SSSR count). The molecule has 1 heterocycles. The minimum absolute atomic E-state index is 0.707. The third-order valence-corrected chi connectivity index (χ3v) is 4.92. The molecule has 0 amide bonds. The van der Waals surface area contributed by atoms with Gasteiger partial charge in [-0.25, -0.2) is 0 Å². The topological polar surface area (TPSA) is 15.3 Å². The number of rotatable bonds is 7. The molecule has 1 aliphatic carbocycles. The van der Waals surface area contributed by atoms with Gasteiger partial charge in [-0.3, -0.25) is 0 Å². The lowest BCUT2D eigenvalue weighted by molar-refractivity contribution is 0.315. The van der Waals surface area contributed by atoms with E-state index in [1.807, 2.05) is 0 Å². The van der Waals surface area contributed by atoms with Crippen LogP contribution in [0.1, 0.15) is 25.3 Å². The van der Waals surface area contributed by atoms with Crippen molar-refractivity contribution >= 4 is 27.3 Å². The summed E-state index contributed by atoms with van der Waals surface area (Å²) in [6.45, 7) is 5.57. The summed E-state index contributed by atoms with van der Waals surface area (Å²) in [4.78, 5) is 2.38. The average molecular weight is 317 g/mol. The van der Waals surface area contributed by atoms with Crippen molar-refractivity contribution in [2.45, 2.75) is 32.4 Å². The second kappa shape index (κ2) is 6.32. The summed E-state index contributed by atoms with van der Waals surface area (Å²) in [7, 11) is 2.19. The van der Waals surface area contributed by atoms with Gasteiger partial charge in [0.05, 0.1) is 3.79 Å². The molecule has 0 aliphatic heterocycles. The SMILES string of the molecule is CC(NCCN(C)Cc1csc(Br)c1)C1CC1. The summed E-state index contributed by atoms with van der Waals surface area (Å²) in [5.74, 6) is 0.952. The smallest absolute Gasteiger partial charge is 0.0701 e. The molecule has 1 aromatic rings. The van der Waals surface area contributed by atoms with E-state index in [-0.39, 0.29) is 0 Å². The largest absolute Gasteiger partial charge is 0.313 e. The Labute approximate surface area is 117 Å². The second-order valence-corrected chi connectivity index (χ2v) is 7.37. The Morgan fingerprint density at radius 2 is 2.35 bits per heavy atom. The summed E-state index contributed by atoms with van der Waals surface area (Å²) in [5, 5.41) is 5.84. The fourth-order valence-corrected chi connectivity index (χ4v) is 3.27. The first kappa shape index (κ1) is 13.5. The maximum atomic E-state index is 3.62. The van der Waals surface area contributed by atoms with Crippen LogP contribution in [0.25, 0.3) is 0 Å². The number of likely N-dealkylation sites (N-methyl/N-ethyl adjacent to an activating group) is 1. The van der Waals surface area contributed by atoms with Crippen LogP contribution >= 0.6 is 27.3 Å². The zero-order valence-electron chi connectivity index (χ0n) is 10.6. The Bertz CT molecular complexity index is 349. The van der Waals surface area contributed by atoms with Gasteiger partial charge in [-0.2, -0.15) is 0 Å². The zero-order chi connectivity index (χ0) is 12.3. The molecule has 0 aromatic carbocycles. The van der Waals surface area contributed by atoms with Crippen molar-refractivity contribution in [2.75, 3.05) is 20.1 Å². The Morgan fingerprint density at radius 3 is 2.94 bits per heavy atom. The summed E-state index contributed by atoms with van der Waals surface area (Å²) < 4.78 is 1.22. The molecule has 96 valence electrons. The minimum atomic E-state index is 0.707. The van der Waals surface area contributed by atoms with Crippen LogP contribution in [-0.4, -0.2) is 31.1 Å². The van der Waals surface area contributed by atoms with Gasteiger partial charge >= 0.3 is 0 Å². The Hall–Kier alpha value is 0.100. The summed E-state index contributed by atoms with van der Waals surface area (Å²) in [6, 6.07) is 2.92. The summed E-state index contributed by atoms with van der Waals surface area (Å²) in [5.41, 5.74) is 1.40. The van der Waals surface area contributed by atoms with E-state index in [4.69, 9.17) is 0 Å². The Balaban J connectivity index is 1.61. The predicted molar refractivity (Wildman–Crippen MR) is 78.5 cm³/mol. The van der Waals surface area contributed by atoms with E-state index in [2.05, 4.69) is 51.6 Å². The Kier molecular flexibility index (Phi) is 5.03. The molecule has 17 heavy (non-hydrogen) atoms. The van der Waals surface area contributed by atoms with Gasteiger partial charge in [0.25, 0.3) is 0 Å². The van der Waals surface area contributed by atoms with Crippen molar-refractivity contribution in [3.8, 4) is 0 Å². The highest BCUT2D eigenvalue weighted by Gasteiger charge is 2.27. The van der Waals surface area contributed by atoms with E-state index in [1.165, 1.54) is 22.2 Å². The average Bonchev–Trinajstić information content (AvgIpc) is 3.04. The first-order valence-electron chi connectivity index (χ1n) is 6.30. The predicted octanol–water partition coefficient (Wildman–Crippen LogP) is 3.33. The van der Waals surface area contributed by atoms with Crippen molar-refractivity contribution in [3.05, 3.63) is 20.8 Å². The van der Waals surface area contributed by atoms with Crippen LogP contribution in [0, 0.1) is 5.92 Å². The van der Waals surface area contributed by atoms with Gasteiger partial charge in [0, 0.05) is 25.7 Å². The van der Waals surface area contributed by atoms with E-state index < -0.39 is 0 Å². The highest BCUT2D eigenvalue weighted by Crippen LogP contribution is 2.32. The number of halogens is 1. The maximum absolute atomic E-state index is 3.62. The van der Waals surface area contributed by atoms with Gasteiger partial charge in [0.15, 0.2) is 0 Å². The number of nitrogens with zero attached hydrogens (tertiary/aromatic N) is 1. The van der Waals surface area contributed by atoms with Crippen LogP contribution in [0.15, 0.2) is 15.2 Å². The zero-order valence-corrected chi connectivity index (χ0v) is 13.0. The lowest BCUT2D eigenvalue weighted by Crippen LogP contribution is -2.35. The molecule has 1 aliphatic rings. The van der Waals surface area contributed by atoms with Crippen molar-refractivity contribution in [2.24, 2.45) is 5.92 Å². The highest BCUT2D eigenvalue weighted by atomic mass is 79.9. The summed E-state index contributed by atoms with van der Waals surface area (Å²) >= 11 is 5.27. The molecular weight excluding hydrogens is 296 g/mol. The fourth-order valence-electron chi connectivity index (χ4n) is 2.07. The van der Waals surface area contributed by atoms with Crippen LogP contribution in [-0.2, 0) is 6.54 Å². The first-order chi connectivity index (χ1) is 8.15. The standard InChI is InChI=1S/C13H21BrN2S/c1-10(12-3-4-12)15-5-6-16(2)8-11-7-13(14)17-9-11/h7,9-10,12,15H,3-6,8H2,1-2H3. The number of hydrogen-bond donors (Lipinski definition) is 1. The monoisotopic (exact) mass is 316 g/mol. The van der Waals surface area contributed by atoms with Crippen LogP contribution in [0.3, 0.4) is 0 Å². The lowest BCUT2D eigenvalue weighted by Gasteiger charge is -2.18. The van der Waals surface area contributed by atoms with Gasteiger partial charge in [-0.05, 0) is 65.7 Å². The molecule has 1 N–H and O–H groups in total. The third-order valence-electron chi connectivity index (χ3n) is 3.36. The van der Waals surface area contributed by atoms with E-state index in [0.717, 1.165) is 25.6 Å². The van der Waals surface area contributed by atoms with E-state index >= 15 is 0 Å². The molecular formula is C13H21BrN2S. The molecule has 1 atom stereocenters. The molecule has 4 heteroatoms. The highest BCUT2D eigenvalue weighted by molar-refractivity contribution is 9.11. The molecule has 1 aromatic heterocycles. The number of thiophene rings is 1. The quantitative estimate of drug-likeness (QED) is 0.830. The van der Waals surface area contributed by atoms with Crippen molar-refractivity contribution in [1.82, 2.24) is 10.2 Å². The molecule has 1 fully saturated rings. The first-order valence-corrected chi connectivity index (χ1v) is 7.97. The number of hydrogen-bond acceptors (Lipinski definition) is 3. The normalized spacial score (nSPS) is 17.6. The van der Waals surface area contributed by atoms with Crippen molar-refractivity contribution < 1.29 is 0 Å². The fraction of sp³-hybridized carbons (Fsp3) is 0.692. The van der Waals surface area contributed by atoms with Gasteiger partial charge in [-0.15, -0.1) is 11.3 Å². The van der Waals surface area contributed by atoms with Gasteiger partial charge in [0.2, 0.25) is 0 Å². The minimum Gasteiger partial charge on any atom is -0.313 e. The van der Waals surface area contributed by atoms with Gasteiger partial charge in [0.1, 0.15) is 0 Å². The van der Waals surface area contributed by atoms with Crippen molar-refractivity contribution in [3.63, 3.8) is 0 Å². The molecule has 2 nitrogen and oxygen atoms in total. The second-order valence-electron chi connectivity index (χ2n) is 5.08. The van der Waals surface area contributed by atoms with E-state index in [0.29, 0.717) is 6.04 Å². The van der Waals surface area contributed by atoms with Crippen LogP contribution in [0.4, 0.5) is 0 Å². The van der Waals surface area contributed by atoms with Crippen LogP contribution in [0.2, 0.25) is 0 Å². The molecule has 1 saturated carbocycles. The molecule has 0 spiro atoms. The Morgan fingerprint density at radius 1 is 1.59 bits per heavy atom. The van der Waals surface area contributed by atoms with E-state index in [1.54, 1.807) is 11.3 Å². The number of nitrogens with one attached hydrogen (secondary N) is 1. The van der Waals surface area contributed by atoms with Gasteiger partial charge < -0.3 is 10.2 Å². The van der Waals surface area contributed by atoms with Crippen LogP contribution in [0.5, 0.6) is 0 Å². The van der Waals surface area contributed by atoms with Crippen molar-refractivity contribution in [1.29, 1.82) is 0 Å². The maximum Gasteiger partial charge on any atom is 0.0701 e. The van der Waals surface area contributed by atoms with E-state index in [9.17, 15) is 0 Å². The molecule has 0 radical (unpaired) electrons. The molecule has 1 unspecified atom stereocenters. The van der Waals surface area contributed by atoms with Gasteiger partial charge in [-0.1, -0.05) is 0 Å². The molecule has 0 saturated heterocycles. The summed E-state index contributed by atoms with van der Waals surface area (Å²) in [6.07, 6.45) is 2.85. The lowest BCUT2D eigenvalue weighted by atomic mass is 10.2. The molecule has 0 bridgehead atoms.